The van der Waals surface area contributed by atoms with E-state index in [0.717, 1.165) is 42.0 Å². The molecule has 1 fully saturated rings. The van der Waals surface area contributed by atoms with Crippen LogP contribution >= 0.6 is 0 Å². The molecule has 0 unspecified atom stereocenters. The maximum atomic E-state index is 13.2. The van der Waals surface area contributed by atoms with Crippen LogP contribution in [0.3, 0.4) is 0 Å². The summed E-state index contributed by atoms with van der Waals surface area (Å²) in [7, 11) is 1.63. The van der Waals surface area contributed by atoms with Crippen molar-refractivity contribution in [1.82, 2.24) is 5.32 Å². The molecule has 4 heteroatoms. The Balaban J connectivity index is 1.83. The summed E-state index contributed by atoms with van der Waals surface area (Å²) in [5.74, 6) is 0.934. The molecule has 150 valence electrons. The number of rotatable bonds is 5. The van der Waals surface area contributed by atoms with Gasteiger partial charge in [0.1, 0.15) is 11.5 Å². The van der Waals surface area contributed by atoms with Crippen molar-refractivity contribution < 1.29 is 14.6 Å². The van der Waals surface area contributed by atoms with E-state index in [1.54, 1.807) is 13.2 Å². The van der Waals surface area contributed by atoms with Gasteiger partial charge >= 0.3 is 0 Å². The van der Waals surface area contributed by atoms with Crippen molar-refractivity contribution >= 4 is 16.7 Å². The Bertz CT molecular complexity index is 1010. The molecule has 0 saturated heterocycles. The summed E-state index contributed by atoms with van der Waals surface area (Å²) in [6.45, 7) is 0. The van der Waals surface area contributed by atoms with Crippen molar-refractivity contribution in [2.75, 3.05) is 7.11 Å². The fourth-order valence-electron chi connectivity index (χ4n) is 4.42. The molecule has 0 heterocycles. The second kappa shape index (κ2) is 8.56. The quantitative estimate of drug-likeness (QED) is 0.619. The summed E-state index contributed by atoms with van der Waals surface area (Å²) < 4.78 is 5.59. The Morgan fingerprint density at radius 2 is 1.72 bits per heavy atom. The molecule has 3 aromatic carbocycles. The lowest BCUT2D eigenvalue weighted by atomic mass is 9.87. The van der Waals surface area contributed by atoms with E-state index in [4.69, 9.17) is 4.74 Å². The first kappa shape index (κ1) is 19.3. The average Bonchev–Trinajstić information content (AvgIpc) is 2.78. The van der Waals surface area contributed by atoms with Crippen LogP contribution in [0.25, 0.3) is 10.8 Å². The minimum absolute atomic E-state index is 0.0260. The van der Waals surface area contributed by atoms with Gasteiger partial charge in [0.05, 0.1) is 13.2 Å². The van der Waals surface area contributed by atoms with E-state index in [0.29, 0.717) is 11.3 Å². The van der Waals surface area contributed by atoms with Crippen molar-refractivity contribution in [2.24, 2.45) is 5.92 Å². The molecule has 0 aliphatic heterocycles. The van der Waals surface area contributed by atoms with Crippen LogP contribution in [0, 0.1) is 5.92 Å². The molecular weight excluding hydrogens is 362 g/mol. The van der Waals surface area contributed by atoms with Crippen LogP contribution in [0.1, 0.15) is 49.3 Å². The van der Waals surface area contributed by atoms with Crippen LogP contribution in [-0.2, 0) is 4.79 Å². The van der Waals surface area contributed by atoms with E-state index in [-0.39, 0.29) is 17.6 Å². The molecule has 4 rings (SSSR count). The number of nitrogens with one attached hydrogen (secondary N) is 1. The largest absolute Gasteiger partial charge is 0.508 e. The molecule has 1 aliphatic rings. The van der Waals surface area contributed by atoms with Crippen molar-refractivity contribution in [3.63, 3.8) is 0 Å². The number of aromatic hydroxyl groups is 1. The molecule has 0 radical (unpaired) electrons. The number of methoxy groups -OCH3 is 1. The summed E-state index contributed by atoms with van der Waals surface area (Å²) in [4.78, 5) is 13.2. The fourth-order valence-corrected chi connectivity index (χ4v) is 4.42. The molecule has 1 amide bonds. The smallest absolute Gasteiger partial charge is 0.223 e. The molecule has 0 aromatic heterocycles. The zero-order chi connectivity index (χ0) is 20.2. The number of carbonyl (C=O) groups excluding carboxylic acids is 1. The Kier molecular flexibility index (Phi) is 5.70. The second-order valence-electron chi connectivity index (χ2n) is 7.74. The van der Waals surface area contributed by atoms with Crippen LogP contribution in [-0.4, -0.2) is 18.1 Å². The molecular formula is C25H27NO3. The minimum atomic E-state index is -0.494. The molecule has 0 spiro atoms. The van der Waals surface area contributed by atoms with Crippen molar-refractivity contribution in [3.8, 4) is 11.5 Å². The first-order valence-electron chi connectivity index (χ1n) is 10.3. The summed E-state index contributed by atoms with van der Waals surface area (Å²) >= 11 is 0. The zero-order valence-corrected chi connectivity index (χ0v) is 16.7. The van der Waals surface area contributed by atoms with Gasteiger partial charge in [-0.1, -0.05) is 67.8 Å². The van der Waals surface area contributed by atoms with Gasteiger partial charge in [0, 0.05) is 17.0 Å². The van der Waals surface area contributed by atoms with Crippen LogP contribution in [0.15, 0.2) is 60.7 Å². The average molecular weight is 389 g/mol. The van der Waals surface area contributed by atoms with E-state index in [1.807, 2.05) is 54.6 Å². The van der Waals surface area contributed by atoms with Gasteiger partial charge in [0.25, 0.3) is 0 Å². The maximum Gasteiger partial charge on any atom is 0.223 e. The first-order chi connectivity index (χ1) is 14.2. The summed E-state index contributed by atoms with van der Waals surface area (Å²) in [6, 6.07) is 18.7. The number of phenols is 1. The van der Waals surface area contributed by atoms with Gasteiger partial charge in [-0.05, 0) is 35.7 Å². The predicted molar refractivity (Wildman–Crippen MR) is 115 cm³/mol. The molecule has 0 bridgehead atoms. The molecule has 1 saturated carbocycles. The van der Waals surface area contributed by atoms with E-state index in [1.165, 1.54) is 6.42 Å². The lowest BCUT2D eigenvalue weighted by Gasteiger charge is -2.27. The van der Waals surface area contributed by atoms with Crippen LogP contribution in [0.4, 0.5) is 0 Å². The predicted octanol–water partition coefficient (Wildman–Crippen LogP) is 5.34. The fraction of sp³-hybridized carbons (Fsp3) is 0.320. The standard InChI is InChI=1S/C25H27NO3/c1-29-22-14-8-7-13-20(22)24(26-25(28)18-10-3-2-4-11-18)23-19-12-6-5-9-17(19)15-16-21(23)27/h5-9,12-16,18,24,27H,2-4,10-11H2,1H3,(H,26,28)/t24-/m1/s1. The molecule has 29 heavy (non-hydrogen) atoms. The highest BCUT2D eigenvalue weighted by Gasteiger charge is 2.28. The maximum absolute atomic E-state index is 13.2. The molecule has 1 atom stereocenters. The number of amides is 1. The Morgan fingerprint density at radius 3 is 2.52 bits per heavy atom. The van der Waals surface area contributed by atoms with Gasteiger partial charge in [-0.15, -0.1) is 0 Å². The number of ether oxygens (including phenoxy) is 1. The van der Waals surface area contributed by atoms with Gasteiger partial charge in [-0.2, -0.15) is 0 Å². The van der Waals surface area contributed by atoms with Crippen LogP contribution < -0.4 is 10.1 Å². The van der Waals surface area contributed by atoms with E-state index >= 15 is 0 Å². The molecule has 3 aromatic rings. The third kappa shape index (κ3) is 3.93. The Morgan fingerprint density at radius 1 is 1.00 bits per heavy atom. The first-order valence-corrected chi connectivity index (χ1v) is 10.3. The van der Waals surface area contributed by atoms with Crippen LogP contribution in [0.2, 0.25) is 0 Å². The topological polar surface area (TPSA) is 58.6 Å². The number of phenolic OH excluding ortho intramolecular Hbond substituents is 1. The van der Waals surface area contributed by atoms with E-state index in [9.17, 15) is 9.90 Å². The van der Waals surface area contributed by atoms with E-state index in [2.05, 4.69) is 5.32 Å². The van der Waals surface area contributed by atoms with E-state index < -0.39 is 6.04 Å². The third-order valence-electron chi connectivity index (χ3n) is 5.95. The normalized spacial score (nSPS) is 15.8. The third-order valence-corrected chi connectivity index (χ3v) is 5.95. The monoisotopic (exact) mass is 389 g/mol. The number of benzene rings is 3. The number of fused-ring (bicyclic) bond motifs is 1. The Hall–Kier alpha value is -3.01. The highest BCUT2D eigenvalue weighted by Crippen LogP contribution is 2.39. The summed E-state index contributed by atoms with van der Waals surface area (Å²) in [5, 5.41) is 16.0. The van der Waals surface area contributed by atoms with Gasteiger partial charge in [0.15, 0.2) is 0 Å². The number of para-hydroxylation sites is 1. The zero-order valence-electron chi connectivity index (χ0n) is 16.7. The number of hydrogen-bond donors (Lipinski definition) is 2. The molecule has 2 N–H and O–H groups in total. The number of hydrogen-bond acceptors (Lipinski definition) is 3. The summed E-state index contributed by atoms with van der Waals surface area (Å²) in [5.41, 5.74) is 1.54. The van der Waals surface area contributed by atoms with Crippen molar-refractivity contribution in [2.45, 2.75) is 38.1 Å². The van der Waals surface area contributed by atoms with Gasteiger partial charge in [-0.3, -0.25) is 4.79 Å². The molecule has 1 aliphatic carbocycles. The highest BCUT2D eigenvalue weighted by atomic mass is 16.5. The van der Waals surface area contributed by atoms with Crippen molar-refractivity contribution in [1.29, 1.82) is 0 Å². The van der Waals surface area contributed by atoms with Gasteiger partial charge in [-0.25, -0.2) is 0 Å². The summed E-state index contributed by atoms with van der Waals surface area (Å²) in [6.07, 6.45) is 5.23. The lowest BCUT2D eigenvalue weighted by Crippen LogP contribution is -2.35. The van der Waals surface area contributed by atoms with Crippen molar-refractivity contribution in [3.05, 3.63) is 71.8 Å². The number of carbonyl (C=O) groups is 1. The second-order valence-corrected chi connectivity index (χ2v) is 7.74. The van der Waals surface area contributed by atoms with Gasteiger partial charge < -0.3 is 15.2 Å². The van der Waals surface area contributed by atoms with Crippen LogP contribution in [0.5, 0.6) is 11.5 Å². The molecule has 4 nitrogen and oxygen atoms in total. The Labute approximate surface area is 171 Å². The lowest BCUT2D eigenvalue weighted by molar-refractivity contribution is -0.126. The van der Waals surface area contributed by atoms with Gasteiger partial charge in [0.2, 0.25) is 5.91 Å². The minimum Gasteiger partial charge on any atom is -0.508 e. The SMILES string of the molecule is COc1ccccc1[C@@H](NC(=O)C1CCCCC1)c1c(O)ccc2ccccc12. The highest BCUT2D eigenvalue weighted by molar-refractivity contribution is 5.90.